The van der Waals surface area contributed by atoms with E-state index in [0.717, 1.165) is 49.3 Å². The lowest BCUT2D eigenvalue weighted by Crippen LogP contribution is -2.49. The number of aliphatic hydroxyl groups excluding tert-OH is 1. The van der Waals surface area contributed by atoms with Crippen molar-refractivity contribution in [1.29, 1.82) is 0 Å². The number of rotatable bonds is 17. The molecule has 2 aromatic rings. The Bertz CT molecular complexity index is 1290. The number of amides is 1. The van der Waals surface area contributed by atoms with Gasteiger partial charge in [0, 0.05) is 31.0 Å². The number of hydrogen-bond acceptors (Lipinski definition) is 7. The van der Waals surface area contributed by atoms with Crippen LogP contribution in [0.25, 0.3) is 0 Å². The smallest absolute Gasteiger partial charge is 0.221 e. The van der Waals surface area contributed by atoms with Gasteiger partial charge in [-0.25, -0.2) is 17.2 Å². The van der Waals surface area contributed by atoms with Gasteiger partial charge in [-0.1, -0.05) is 78.6 Å². The zero-order valence-corrected chi connectivity index (χ0v) is 30.7. The fourth-order valence-electron chi connectivity index (χ4n) is 4.56. The van der Waals surface area contributed by atoms with E-state index < -0.39 is 44.8 Å². The van der Waals surface area contributed by atoms with Gasteiger partial charge in [0.15, 0.2) is 9.84 Å². The zero-order valence-electron chi connectivity index (χ0n) is 29.9. The summed E-state index contributed by atoms with van der Waals surface area (Å²) in [6, 6.07) is 10.2. The molecule has 0 heterocycles. The highest BCUT2D eigenvalue weighted by atomic mass is 32.2. The molecule has 1 amide bonds. The average molecular weight is 696 g/mol. The summed E-state index contributed by atoms with van der Waals surface area (Å²) in [5, 5.41) is 16.3. The summed E-state index contributed by atoms with van der Waals surface area (Å²) in [5.41, 5.74) is 6.88. The number of aliphatic hydroxyl groups is 1. The lowest BCUT2D eigenvalue weighted by atomic mass is 10.00. The predicted molar refractivity (Wildman–Crippen MR) is 193 cm³/mol. The average Bonchev–Trinajstić information content (AvgIpc) is 3.05. The Morgan fingerprint density at radius 3 is 1.96 bits per heavy atom. The monoisotopic (exact) mass is 695 g/mol. The van der Waals surface area contributed by atoms with Crippen LogP contribution in [-0.2, 0) is 38.8 Å². The van der Waals surface area contributed by atoms with E-state index in [2.05, 4.69) is 42.2 Å². The third kappa shape index (κ3) is 20.9. The molecular weight excluding hydrogens is 636 g/mol. The zero-order chi connectivity index (χ0) is 37.3. The highest BCUT2D eigenvalue weighted by Gasteiger charge is 2.27. The van der Waals surface area contributed by atoms with Crippen LogP contribution < -0.4 is 16.4 Å². The fraction of sp³-hybridized carbons (Fsp3) is 0.568. The number of hydrogen-bond donors (Lipinski definition) is 4. The number of aldehydes is 1. The van der Waals surface area contributed by atoms with Gasteiger partial charge in [0.05, 0.1) is 23.1 Å². The SMILES string of the molecule is C#C.CC(C)(C)C=O.CCCC(CCC)S(=O)(=O)CCC(=O)N[C@@H](Cc1cc(F)cc(F)c1)[C@H](O)CNCc1cccc(CC)c1.CN. The number of sulfone groups is 1. The van der Waals surface area contributed by atoms with Gasteiger partial charge in [-0.05, 0) is 61.6 Å². The van der Waals surface area contributed by atoms with Gasteiger partial charge in [-0.2, -0.15) is 0 Å². The molecule has 0 saturated carbocycles. The molecular formula is C37H59F2N3O5S. The minimum absolute atomic E-state index is 0.0182. The molecule has 2 rings (SSSR count). The van der Waals surface area contributed by atoms with Crippen LogP contribution in [0.15, 0.2) is 42.5 Å². The van der Waals surface area contributed by atoms with Crippen molar-refractivity contribution in [3.63, 3.8) is 0 Å². The third-order valence-electron chi connectivity index (χ3n) is 6.97. The van der Waals surface area contributed by atoms with Gasteiger partial charge in [-0.3, -0.25) is 4.79 Å². The largest absolute Gasteiger partial charge is 0.390 e. The van der Waals surface area contributed by atoms with Crippen molar-refractivity contribution in [2.75, 3.05) is 19.3 Å². The highest BCUT2D eigenvalue weighted by molar-refractivity contribution is 7.92. The van der Waals surface area contributed by atoms with Crippen LogP contribution in [0.2, 0.25) is 0 Å². The molecule has 272 valence electrons. The number of terminal acetylenes is 1. The third-order valence-corrected chi connectivity index (χ3v) is 9.23. The first-order valence-corrected chi connectivity index (χ1v) is 18.1. The lowest BCUT2D eigenvalue weighted by molar-refractivity contribution is -0.122. The molecule has 0 aliphatic carbocycles. The minimum Gasteiger partial charge on any atom is -0.390 e. The van der Waals surface area contributed by atoms with E-state index >= 15 is 0 Å². The van der Waals surface area contributed by atoms with Gasteiger partial charge in [-0.15, -0.1) is 12.8 Å². The van der Waals surface area contributed by atoms with Crippen LogP contribution in [0.5, 0.6) is 0 Å². The summed E-state index contributed by atoms with van der Waals surface area (Å²) in [7, 11) is -1.95. The molecule has 0 bridgehead atoms. The van der Waals surface area contributed by atoms with Crippen molar-refractivity contribution in [3.8, 4) is 12.8 Å². The van der Waals surface area contributed by atoms with Crippen LogP contribution >= 0.6 is 0 Å². The second kappa shape index (κ2) is 25.8. The molecule has 0 unspecified atom stereocenters. The summed E-state index contributed by atoms with van der Waals surface area (Å²) < 4.78 is 53.2. The molecule has 0 aliphatic rings. The molecule has 0 aliphatic heterocycles. The van der Waals surface area contributed by atoms with Crippen LogP contribution in [0.1, 0.15) is 90.3 Å². The highest BCUT2D eigenvalue weighted by Crippen LogP contribution is 2.17. The number of carbonyl (C=O) groups excluding carboxylic acids is 2. The Kier molecular flexibility index (Phi) is 25.2. The summed E-state index contributed by atoms with van der Waals surface area (Å²) in [6.07, 6.45) is 11.1. The van der Waals surface area contributed by atoms with Crippen molar-refractivity contribution in [2.24, 2.45) is 11.1 Å². The Hall–Kier alpha value is -3.17. The van der Waals surface area contributed by atoms with E-state index in [4.69, 9.17) is 0 Å². The summed E-state index contributed by atoms with van der Waals surface area (Å²) >= 11 is 0. The molecule has 0 fully saturated rings. The van der Waals surface area contributed by atoms with E-state index in [9.17, 15) is 31.9 Å². The fourth-order valence-corrected chi connectivity index (χ4v) is 6.55. The van der Waals surface area contributed by atoms with Crippen molar-refractivity contribution in [1.82, 2.24) is 10.6 Å². The van der Waals surface area contributed by atoms with Crippen molar-refractivity contribution < 1.29 is 31.9 Å². The number of carbonyl (C=O) groups is 2. The lowest BCUT2D eigenvalue weighted by Gasteiger charge is -2.25. The maximum atomic E-state index is 13.8. The normalized spacial score (nSPS) is 12.2. The topological polar surface area (TPSA) is 139 Å². The summed E-state index contributed by atoms with van der Waals surface area (Å²) in [6.45, 7) is 12.2. The molecule has 0 radical (unpaired) electrons. The Labute approximate surface area is 288 Å². The van der Waals surface area contributed by atoms with E-state index in [1.807, 2.05) is 52.8 Å². The molecule has 2 atom stereocenters. The first-order valence-electron chi connectivity index (χ1n) is 16.4. The van der Waals surface area contributed by atoms with E-state index in [-0.39, 0.29) is 36.1 Å². The van der Waals surface area contributed by atoms with Gasteiger partial charge in [0.1, 0.15) is 17.9 Å². The molecule has 2 aromatic carbocycles. The Morgan fingerprint density at radius 1 is 0.958 bits per heavy atom. The summed E-state index contributed by atoms with van der Waals surface area (Å²) in [4.78, 5) is 22.6. The number of aryl methyl sites for hydroxylation is 1. The number of halogens is 2. The van der Waals surface area contributed by atoms with Gasteiger partial charge in [0.2, 0.25) is 5.91 Å². The molecule has 48 heavy (non-hydrogen) atoms. The molecule has 0 aromatic heterocycles. The van der Waals surface area contributed by atoms with Crippen molar-refractivity contribution >= 4 is 22.0 Å². The van der Waals surface area contributed by atoms with Gasteiger partial charge >= 0.3 is 0 Å². The molecule has 0 spiro atoms. The second-order valence-corrected chi connectivity index (χ2v) is 14.7. The Balaban J connectivity index is 0. The van der Waals surface area contributed by atoms with Crippen LogP contribution in [-0.4, -0.2) is 62.5 Å². The van der Waals surface area contributed by atoms with Crippen LogP contribution in [0.3, 0.4) is 0 Å². The number of benzene rings is 2. The predicted octanol–water partition coefficient (Wildman–Crippen LogP) is 5.53. The standard InChI is InChI=1S/C29H42F2N2O4S.C5H10O.C2H2.CH5N/c1-4-8-26(9-5-2)38(36,37)13-12-29(35)33-27(17-23-15-24(30)18-25(31)16-23)28(34)20-32-19-22-11-7-10-21(6-3)14-22;1-5(2,3)4-6;2*1-2/h7,10-11,14-16,18,26-28,32,34H,4-6,8-9,12-13,17,19-20H2,1-3H3,(H,33,35);4H,1-3H3;1-2H;2H2,1H3/t27-,28+;;;/m0.../s1. The maximum Gasteiger partial charge on any atom is 0.221 e. The first-order chi connectivity index (χ1) is 22.6. The molecule has 11 heteroatoms. The Morgan fingerprint density at radius 2 is 1.48 bits per heavy atom. The molecule has 8 nitrogen and oxygen atoms in total. The van der Waals surface area contributed by atoms with E-state index in [0.29, 0.717) is 19.4 Å². The quantitative estimate of drug-likeness (QED) is 0.126. The van der Waals surface area contributed by atoms with E-state index in [1.165, 1.54) is 12.6 Å². The molecule has 5 N–H and O–H groups in total. The van der Waals surface area contributed by atoms with Gasteiger partial charge in [0.25, 0.3) is 0 Å². The number of nitrogens with two attached hydrogens (primary N) is 1. The van der Waals surface area contributed by atoms with E-state index in [1.54, 1.807) is 0 Å². The maximum absolute atomic E-state index is 13.8. The second-order valence-electron chi connectivity index (χ2n) is 12.3. The first kappa shape index (κ1) is 46.9. The van der Waals surface area contributed by atoms with Crippen LogP contribution in [0, 0.1) is 29.9 Å². The minimum atomic E-state index is -3.45. The number of nitrogens with one attached hydrogen (secondary N) is 2. The van der Waals surface area contributed by atoms with Crippen molar-refractivity contribution in [3.05, 3.63) is 70.8 Å². The van der Waals surface area contributed by atoms with Crippen LogP contribution in [0.4, 0.5) is 8.78 Å². The van der Waals surface area contributed by atoms with Crippen molar-refractivity contribution in [2.45, 2.75) is 110 Å². The molecule has 0 saturated heterocycles. The summed E-state index contributed by atoms with van der Waals surface area (Å²) in [5.74, 6) is -2.32. The van der Waals surface area contributed by atoms with Gasteiger partial charge < -0.3 is 26.3 Å².